The van der Waals surface area contributed by atoms with E-state index < -0.39 is 0 Å². The number of hydrogen-bond acceptors (Lipinski definition) is 3. The van der Waals surface area contributed by atoms with Gasteiger partial charge in [-0.05, 0) is 24.6 Å². The molecule has 1 unspecified atom stereocenters. The van der Waals surface area contributed by atoms with Gasteiger partial charge in [-0.2, -0.15) is 0 Å². The van der Waals surface area contributed by atoms with E-state index in [0.29, 0.717) is 26.1 Å². The lowest BCUT2D eigenvalue weighted by Gasteiger charge is -2.14. The zero-order valence-electron chi connectivity index (χ0n) is 11.4. The van der Waals surface area contributed by atoms with Gasteiger partial charge in [-0.15, -0.1) is 0 Å². The molecule has 0 aromatic heterocycles. The largest absolute Gasteiger partial charge is 0.383 e. The Bertz CT molecular complexity index is 382. The molecule has 0 radical (unpaired) electrons. The van der Waals surface area contributed by atoms with E-state index in [9.17, 15) is 9.18 Å². The van der Waals surface area contributed by atoms with Gasteiger partial charge in [-0.3, -0.25) is 4.79 Å². The van der Waals surface area contributed by atoms with E-state index in [1.54, 1.807) is 19.2 Å². The summed E-state index contributed by atoms with van der Waals surface area (Å²) in [6, 6.07) is 6.44. The molecular formula is C14H21FN2O2. The second-order valence-electron chi connectivity index (χ2n) is 4.32. The van der Waals surface area contributed by atoms with Crippen LogP contribution < -0.4 is 10.6 Å². The molecule has 0 fully saturated rings. The highest BCUT2D eigenvalue weighted by atomic mass is 19.1. The van der Waals surface area contributed by atoms with Gasteiger partial charge in [-0.1, -0.05) is 12.1 Å². The Morgan fingerprint density at radius 2 is 2.00 bits per heavy atom. The first kappa shape index (κ1) is 15.6. The molecule has 0 bridgehead atoms. The summed E-state index contributed by atoms with van der Waals surface area (Å²) in [5, 5.41) is 5.98. The van der Waals surface area contributed by atoms with Crippen LogP contribution in [0.2, 0.25) is 0 Å². The van der Waals surface area contributed by atoms with Crippen LogP contribution in [0.5, 0.6) is 0 Å². The summed E-state index contributed by atoms with van der Waals surface area (Å²) in [7, 11) is 1.60. The molecule has 1 rings (SSSR count). The van der Waals surface area contributed by atoms with Gasteiger partial charge < -0.3 is 15.4 Å². The number of hydrogen-bond donors (Lipinski definition) is 2. The minimum Gasteiger partial charge on any atom is -0.383 e. The topological polar surface area (TPSA) is 50.4 Å². The van der Waals surface area contributed by atoms with Gasteiger partial charge in [-0.25, -0.2) is 4.39 Å². The van der Waals surface area contributed by atoms with Crippen LogP contribution in [0, 0.1) is 5.82 Å². The van der Waals surface area contributed by atoms with Crippen LogP contribution in [0.4, 0.5) is 4.39 Å². The molecule has 2 N–H and O–H groups in total. The van der Waals surface area contributed by atoms with Crippen molar-refractivity contribution in [3.63, 3.8) is 0 Å². The standard InChI is InChI=1S/C14H21FN2O2/c1-11(12-3-5-13(15)6-4-12)16-8-7-14(18)17-9-10-19-2/h3-6,11,16H,7-10H2,1-2H3,(H,17,18). The molecule has 1 aromatic carbocycles. The molecule has 0 saturated carbocycles. The number of halogens is 1. The molecule has 0 aliphatic carbocycles. The Morgan fingerprint density at radius 1 is 1.32 bits per heavy atom. The number of benzene rings is 1. The van der Waals surface area contributed by atoms with Crippen molar-refractivity contribution >= 4 is 5.91 Å². The molecule has 0 aliphatic rings. The summed E-state index contributed by atoms with van der Waals surface area (Å²) in [4.78, 5) is 11.4. The van der Waals surface area contributed by atoms with Crippen LogP contribution in [0.15, 0.2) is 24.3 Å². The molecule has 1 aromatic rings. The van der Waals surface area contributed by atoms with E-state index in [1.807, 2.05) is 6.92 Å². The summed E-state index contributed by atoms with van der Waals surface area (Å²) in [5.74, 6) is -0.246. The molecule has 0 saturated heterocycles. The summed E-state index contributed by atoms with van der Waals surface area (Å²) in [5.41, 5.74) is 1.00. The van der Waals surface area contributed by atoms with E-state index in [1.165, 1.54) is 12.1 Å². The van der Waals surface area contributed by atoms with Crippen molar-refractivity contribution in [1.82, 2.24) is 10.6 Å². The van der Waals surface area contributed by atoms with Crippen LogP contribution in [-0.4, -0.2) is 32.7 Å². The molecule has 4 nitrogen and oxygen atoms in total. The van der Waals surface area contributed by atoms with Gasteiger partial charge in [0.15, 0.2) is 0 Å². The Kier molecular flexibility index (Phi) is 7.07. The minimum atomic E-state index is -0.242. The first-order valence-electron chi connectivity index (χ1n) is 6.38. The van der Waals surface area contributed by atoms with Crippen molar-refractivity contribution in [2.24, 2.45) is 0 Å². The number of carbonyl (C=O) groups is 1. The molecule has 5 heteroatoms. The van der Waals surface area contributed by atoms with Gasteiger partial charge in [0.2, 0.25) is 5.91 Å². The first-order valence-corrected chi connectivity index (χ1v) is 6.38. The molecule has 106 valence electrons. The minimum absolute atomic E-state index is 0.00384. The van der Waals surface area contributed by atoms with Gasteiger partial charge in [0.05, 0.1) is 6.61 Å². The molecule has 0 heterocycles. The maximum atomic E-state index is 12.8. The van der Waals surface area contributed by atoms with Gasteiger partial charge in [0.1, 0.15) is 5.82 Å². The smallest absolute Gasteiger partial charge is 0.221 e. The Balaban J connectivity index is 2.21. The molecular weight excluding hydrogens is 247 g/mol. The third-order valence-electron chi connectivity index (χ3n) is 2.80. The second-order valence-corrected chi connectivity index (χ2v) is 4.32. The number of ether oxygens (including phenoxy) is 1. The zero-order chi connectivity index (χ0) is 14.1. The third-order valence-corrected chi connectivity index (χ3v) is 2.80. The summed E-state index contributed by atoms with van der Waals surface area (Å²) in [6.07, 6.45) is 0.412. The molecule has 1 amide bonds. The van der Waals surface area contributed by atoms with Crippen LogP contribution in [0.3, 0.4) is 0 Å². The van der Waals surface area contributed by atoms with Crippen molar-refractivity contribution in [3.8, 4) is 0 Å². The van der Waals surface area contributed by atoms with E-state index >= 15 is 0 Å². The maximum absolute atomic E-state index is 12.8. The predicted molar refractivity (Wildman–Crippen MR) is 72.3 cm³/mol. The third kappa shape index (κ3) is 6.31. The lowest BCUT2D eigenvalue weighted by Crippen LogP contribution is -2.30. The highest BCUT2D eigenvalue weighted by Crippen LogP contribution is 2.12. The van der Waals surface area contributed by atoms with Crippen LogP contribution in [0.25, 0.3) is 0 Å². The van der Waals surface area contributed by atoms with E-state index in [-0.39, 0.29) is 17.8 Å². The normalized spacial score (nSPS) is 12.2. The van der Waals surface area contributed by atoms with Crippen LogP contribution >= 0.6 is 0 Å². The van der Waals surface area contributed by atoms with Gasteiger partial charge >= 0.3 is 0 Å². The Labute approximate surface area is 113 Å². The molecule has 0 spiro atoms. The van der Waals surface area contributed by atoms with Crippen molar-refractivity contribution in [3.05, 3.63) is 35.6 Å². The fourth-order valence-electron chi connectivity index (χ4n) is 1.65. The van der Waals surface area contributed by atoms with Crippen molar-refractivity contribution in [2.75, 3.05) is 26.8 Å². The molecule has 19 heavy (non-hydrogen) atoms. The SMILES string of the molecule is COCCNC(=O)CCNC(C)c1ccc(F)cc1. The maximum Gasteiger partial charge on any atom is 0.221 e. The van der Waals surface area contributed by atoms with E-state index in [4.69, 9.17) is 4.74 Å². The average molecular weight is 268 g/mol. The summed E-state index contributed by atoms with van der Waals surface area (Å²) in [6.45, 7) is 3.61. The van der Waals surface area contributed by atoms with Crippen LogP contribution in [-0.2, 0) is 9.53 Å². The van der Waals surface area contributed by atoms with Crippen molar-refractivity contribution in [2.45, 2.75) is 19.4 Å². The first-order chi connectivity index (χ1) is 9.13. The average Bonchev–Trinajstić information content (AvgIpc) is 2.39. The number of amides is 1. The van der Waals surface area contributed by atoms with E-state index in [0.717, 1.165) is 5.56 Å². The zero-order valence-corrected chi connectivity index (χ0v) is 11.4. The van der Waals surface area contributed by atoms with Gasteiger partial charge in [0.25, 0.3) is 0 Å². The molecule has 0 aliphatic heterocycles. The quantitative estimate of drug-likeness (QED) is 0.705. The number of methoxy groups -OCH3 is 1. The van der Waals surface area contributed by atoms with Crippen molar-refractivity contribution in [1.29, 1.82) is 0 Å². The number of rotatable bonds is 8. The monoisotopic (exact) mass is 268 g/mol. The molecule has 1 atom stereocenters. The predicted octanol–water partition coefficient (Wildman–Crippen LogP) is 1.63. The number of carbonyl (C=O) groups excluding carboxylic acids is 1. The van der Waals surface area contributed by atoms with Gasteiger partial charge in [0, 0.05) is 32.7 Å². The van der Waals surface area contributed by atoms with Crippen LogP contribution in [0.1, 0.15) is 24.9 Å². The highest BCUT2D eigenvalue weighted by Gasteiger charge is 2.06. The Morgan fingerprint density at radius 3 is 2.63 bits per heavy atom. The summed E-state index contributed by atoms with van der Waals surface area (Å²) >= 11 is 0. The van der Waals surface area contributed by atoms with Crippen molar-refractivity contribution < 1.29 is 13.9 Å². The number of nitrogens with one attached hydrogen (secondary N) is 2. The fraction of sp³-hybridized carbons (Fsp3) is 0.500. The lowest BCUT2D eigenvalue weighted by atomic mass is 10.1. The second kappa shape index (κ2) is 8.61. The van der Waals surface area contributed by atoms with E-state index in [2.05, 4.69) is 10.6 Å². The Hall–Kier alpha value is -1.46. The summed E-state index contributed by atoms with van der Waals surface area (Å²) < 4.78 is 17.6. The lowest BCUT2D eigenvalue weighted by molar-refractivity contribution is -0.121. The highest BCUT2D eigenvalue weighted by molar-refractivity contribution is 5.76. The fourth-order valence-corrected chi connectivity index (χ4v) is 1.65.